The summed E-state index contributed by atoms with van der Waals surface area (Å²) in [5.41, 5.74) is 2.10. The number of methoxy groups -OCH3 is 2. The van der Waals surface area contributed by atoms with Crippen LogP contribution in [0.4, 0.5) is 0 Å². The van der Waals surface area contributed by atoms with Crippen LogP contribution in [0.5, 0.6) is 11.5 Å². The number of ether oxygens (including phenoxy) is 2. The van der Waals surface area contributed by atoms with Crippen LogP contribution in [0.1, 0.15) is 21.5 Å². The van der Waals surface area contributed by atoms with E-state index in [0.29, 0.717) is 22.6 Å². The zero-order valence-corrected chi connectivity index (χ0v) is 11.3. The number of carbonyl (C=O) groups excluding carboxylic acids is 1. The van der Waals surface area contributed by atoms with Gasteiger partial charge in [-0.25, -0.2) is 0 Å². The van der Waals surface area contributed by atoms with Crippen LogP contribution < -0.4 is 9.47 Å². The lowest BCUT2D eigenvalue weighted by Gasteiger charge is -2.11. The SMILES string of the molecule is COc1ccccc1C(=O)c1cc(C)ccc1OC. The summed E-state index contributed by atoms with van der Waals surface area (Å²) in [6, 6.07) is 12.7. The van der Waals surface area contributed by atoms with E-state index in [1.807, 2.05) is 31.2 Å². The fraction of sp³-hybridized carbons (Fsp3) is 0.188. The van der Waals surface area contributed by atoms with Gasteiger partial charge in [-0.1, -0.05) is 23.8 Å². The van der Waals surface area contributed by atoms with Crippen molar-refractivity contribution >= 4 is 5.78 Å². The summed E-state index contributed by atoms with van der Waals surface area (Å²) in [5, 5.41) is 0. The molecule has 0 spiro atoms. The Kier molecular flexibility index (Phi) is 3.85. The third kappa shape index (κ3) is 2.60. The molecule has 0 radical (unpaired) electrons. The highest BCUT2D eigenvalue weighted by Crippen LogP contribution is 2.27. The standard InChI is InChI=1S/C16H16O3/c1-11-8-9-15(19-3)13(10-11)16(17)12-6-4-5-7-14(12)18-2/h4-10H,1-3H3. The second-order valence-corrected chi connectivity index (χ2v) is 4.23. The molecule has 0 fully saturated rings. The number of benzene rings is 2. The van der Waals surface area contributed by atoms with Gasteiger partial charge in [0.1, 0.15) is 11.5 Å². The molecule has 3 nitrogen and oxygen atoms in total. The minimum absolute atomic E-state index is 0.0991. The average Bonchev–Trinajstić information content (AvgIpc) is 2.46. The fourth-order valence-electron chi connectivity index (χ4n) is 1.98. The van der Waals surface area contributed by atoms with Crippen LogP contribution in [0.3, 0.4) is 0 Å². The molecule has 0 heterocycles. The molecule has 0 aliphatic rings. The van der Waals surface area contributed by atoms with Crippen molar-refractivity contribution in [1.82, 2.24) is 0 Å². The number of ketones is 1. The predicted molar refractivity (Wildman–Crippen MR) is 74.2 cm³/mol. The van der Waals surface area contributed by atoms with E-state index in [1.165, 1.54) is 0 Å². The molecule has 0 N–H and O–H groups in total. The predicted octanol–water partition coefficient (Wildman–Crippen LogP) is 3.24. The van der Waals surface area contributed by atoms with Crippen molar-refractivity contribution in [3.05, 3.63) is 59.2 Å². The first-order valence-corrected chi connectivity index (χ1v) is 5.99. The average molecular weight is 256 g/mol. The number of aryl methyl sites for hydroxylation is 1. The molecule has 3 heteroatoms. The smallest absolute Gasteiger partial charge is 0.200 e. The second kappa shape index (κ2) is 5.57. The molecule has 0 aromatic heterocycles. The zero-order chi connectivity index (χ0) is 13.8. The van der Waals surface area contributed by atoms with E-state index in [1.54, 1.807) is 32.4 Å². The van der Waals surface area contributed by atoms with Gasteiger partial charge in [0, 0.05) is 0 Å². The Morgan fingerprint density at radius 3 is 2.21 bits per heavy atom. The van der Waals surface area contributed by atoms with Gasteiger partial charge >= 0.3 is 0 Å². The Morgan fingerprint density at radius 2 is 1.53 bits per heavy atom. The quantitative estimate of drug-likeness (QED) is 0.788. The van der Waals surface area contributed by atoms with Gasteiger partial charge in [0.25, 0.3) is 0 Å². The molecule has 19 heavy (non-hydrogen) atoms. The maximum atomic E-state index is 12.6. The lowest BCUT2D eigenvalue weighted by Crippen LogP contribution is -2.06. The molecule has 2 aromatic rings. The summed E-state index contributed by atoms with van der Waals surface area (Å²) < 4.78 is 10.5. The monoisotopic (exact) mass is 256 g/mol. The van der Waals surface area contributed by atoms with E-state index in [4.69, 9.17) is 9.47 Å². The van der Waals surface area contributed by atoms with E-state index >= 15 is 0 Å². The van der Waals surface area contributed by atoms with Crippen molar-refractivity contribution in [3.8, 4) is 11.5 Å². The highest BCUT2D eigenvalue weighted by Gasteiger charge is 2.17. The first kappa shape index (κ1) is 13.1. The van der Waals surface area contributed by atoms with E-state index in [2.05, 4.69) is 0 Å². The third-order valence-corrected chi connectivity index (χ3v) is 2.95. The first-order chi connectivity index (χ1) is 9.17. The Labute approximate surface area is 112 Å². The molecule has 0 bridgehead atoms. The van der Waals surface area contributed by atoms with E-state index < -0.39 is 0 Å². The largest absolute Gasteiger partial charge is 0.496 e. The van der Waals surface area contributed by atoms with Gasteiger partial charge < -0.3 is 9.47 Å². The second-order valence-electron chi connectivity index (χ2n) is 4.23. The Morgan fingerprint density at radius 1 is 0.895 bits per heavy atom. The summed E-state index contributed by atoms with van der Waals surface area (Å²) in [6.45, 7) is 1.94. The maximum Gasteiger partial charge on any atom is 0.200 e. The summed E-state index contributed by atoms with van der Waals surface area (Å²) >= 11 is 0. The van der Waals surface area contributed by atoms with Crippen LogP contribution in [0.25, 0.3) is 0 Å². The topological polar surface area (TPSA) is 35.5 Å². The molecule has 0 aliphatic heterocycles. The summed E-state index contributed by atoms with van der Waals surface area (Å²) in [6.07, 6.45) is 0. The number of hydrogen-bond donors (Lipinski definition) is 0. The van der Waals surface area contributed by atoms with Gasteiger partial charge in [0.15, 0.2) is 5.78 Å². The molecular formula is C16H16O3. The molecule has 0 saturated heterocycles. The van der Waals surface area contributed by atoms with E-state index in [9.17, 15) is 4.79 Å². The Balaban J connectivity index is 2.52. The number of carbonyl (C=O) groups is 1. The molecule has 0 amide bonds. The van der Waals surface area contributed by atoms with Crippen molar-refractivity contribution in [2.75, 3.05) is 14.2 Å². The van der Waals surface area contributed by atoms with Crippen LogP contribution in [0.15, 0.2) is 42.5 Å². The molecule has 0 unspecified atom stereocenters. The van der Waals surface area contributed by atoms with Crippen LogP contribution in [0, 0.1) is 6.92 Å². The molecular weight excluding hydrogens is 240 g/mol. The van der Waals surface area contributed by atoms with Gasteiger partial charge in [-0.3, -0.25) is 4.79 Å². The van der Waals surface area contributed by atoms with Crippen molar-refractivity contribution in [1.29, 1.82) is 0 Å². The molecule has 2 aromatic carbocycles. The van der Waals surface area contributed by atoms with Crippen molar-refractivity contribution in [2.24, 2.45) is 0 Å². The molecule has 0 saturated carbocycles. The normalized spacial score (nSPS) is 10.1. The minimum atomic E-state index is -0.0991. The van der Waals surface area contributed by atoms with Crippen LogP contribution in [0.2, 0.25) is 0 Å². The maximum absolute atomic E-state index is 12.6. The Hall–Kier alpha value is -2.29. The van der Waals surface area contributed by atoms with Gasteiger partial charge in [0.05, 0.1) is 25.3 Å². The molecule has 0 aliphatic carbocycles. The highest BCUT2D eigenvalue weighted by atomic mass is 16.5. The van der Waals surface area contributed by atoms with E-state index in [-0.39, 0.29) is 5.78 Å². The van der Waals surface area contributed by atoms with Gasteiger partial charge in [0.2, 0.25) is 0 Å². The minimum Gasteiger partial charge on any atom is -0.496 e. The van der Waals surface area contributed by atoms with Gasteiger partial charge in [-0.05, 0) is 31.2 Å². The van der Waals surface area contributed by atoms with Gasteiger partial charge in [-0.2, -0.15) is 0 Å². The summed E-state index contributed by atoms with van der Waals surface area (Å²) in [7, 11) is 3.11. The van der Waals surface area contributed by atoms with Crippen LogP contribution in [-0.2, 0) is 0 Å². The molecule has 2 rings (SSSR count). The van der Waals surface area contributed by atoms with Gasteiger partial charge in [-0.15, -0.1) is 0 Å². The number of hydrogen-bond acceptors (Lipinski definition) is 3. The summed E-state index contributed by atoms with van der Waals surface area (Å²) in [5.74, 6) is 1.04. The number of rotatable bonds is 4. The first-order valence-electron chi connectivity index (χ1n) is 5.99. The molecule has 98 valence electrons. The highest BCUT2D eigenvalue weighted by molar-refractivity contribution is 6.12. The lowest BCUT2D eigenvalue weighted by molar-refractivity contribution is 0.103. The molecule has 0 atom stereocenters. The lowest BCUT2D eigenvalue weighted by atomic mass is 10.00. The number of para-hydroxylation sites is 1. The van der Waals surface area contributed by atoms with Crippen molar-refractivity contribution < 1.29 is 14.3 Å². The van der Waals surface area contributed by atoms with Crippen molar-refractivity contribution in [2.45, 2.75) is 6.92 Å². The zero-order valence-electron chi connectivity index (χ0n) is 11.3. The van der Waals surface area contributed by atoms with Crippen LogP contribution >= 0.6 is 0 Å². The van der Waals surface area contributed by atoms with E-state index in [0.717, 1.165) is 5.56 Å². The Bertz CT molecular complexity index is 603. The summed E-state index contributed by atoms with van der Waals surface area (Å²) in [4.78, 5) is 12.6. The van der Waals surface area contributed by atoms with Crippen LogP contribution in [-0.4, -0.2) is 20.0 Å². The fourth-order valence-corrected chi connectivity index (χ4v) is 1.98. The van der Waals surface area contributed by atoms with Crippen molar-refractivity contribution in [3.63, 3.8) is 0 Å². The third-order valence-electron chi connectivity index (χ3n) is 2.95.